The molecule has 4 aliphatic rings. The van der Waals surface area contributed by atoms with Crippen LogP contribution in [0.15, 0.2) is 127 Å². The minimum absolute atomic E-state index is 0.180. The van der Waals surface area contributed by atoms with Gasteiger partial charge in [0, 0.05) is 51.7 Å². The molecule has 2 aliphatic heterocycles. The molecule has 1 saturated heterocycles. The van der Waals surface area contributed by atoms with Crippen LogP contribution in [-0.2, 0) is 16.4 Å². The molecule has 7 aromatic rings. The summed E-state index contributed by atoms with van der Waals surface area (Å²) in [4.78, 5) is 2.55. The predicted molar refractivity (Wildman–Crippen MR) is 231 cm³/mol. The number of hydrogen-bond acceptors (Lipinski definition) is 2. The van der Waals surface area contributed by atoms with Gasteiger partial charge in [0.25, 0.3) is 0 Å². The van der Waals surface area contributed by atoms with E-state index in [0.717, 1.165) is 30.0 Å². The van der Waals surface area contributed by atoms with Crippen LogP contribution in [0.2, 0.25) is 0 Å². The van der Waals surface area contributed by atoms with Crippen molar-refractivity contribution >= 4 is 33.3 Å². The lowest BCUT2D eigenvalue weighted by Crippen LogP contribution is -2.35. The van der Waals surface area contributed by atoms with Crippen LogP contribution in [0.5, 0.6) is 5.75 Å². The number of fused-ring (bicyclic) bond motifs is 13. The molecule has 1 atom stereocenters. The topological polar surface area (TPSA) is 12.5 Å². The minimum atomic E-state index is -0.835. The van der Waals surface area contributed by atoms with Gasteiger partial charge in [-0.25, -0.2) is 0 Å². The second-order valence-electron chi connectivity index (χ2n) is 17.6. The number of aryl methyl sites for hydroxylation is 1. The Morgan fingerprint density at radius 2 is 1.22 bits per heavy atom. The molecular formula is C53H47NO. The van der Waals surface area contributed by atoms with E-state index in [2.05, 4.69) is 173 Å². The van der Waals surface area contributed by atoms with E-state index in [1.165, 1.54) is 102 Å². The van der Waals surface area contributed by atoms with E-state index < -0.39 is 5.60 Å². The standard InChI is InChI=1S/C53H47NO/c1-33-17-24-43-45(31-33)52(4,5)49-44-27-28-53(55-50(44)42-16-10-9-15-40(42)47(43)49,35-19-22-37(23-20-35)54-29-11-6-12-30-54)36-21-26-39-41-25-18-34-13-7-8-14-38(34)48(41)51(2,3)46(39)32-36/h7-10,13-28,31-32H,6,11-12,29-30H2,1-5H3. The van der Waals surface area contributed by atoms with E-state index in [4.69, 9.17) is 4.74 Å². The number of anilines is 1. The quantitative estimate of drug-likeness (QED) is 0.181. The smallest absolute Gasteiger partial charge is 0.178 e. The molecule has 0 bridgehead atoms. The van der Waals surface area contributed by atoms with Crippen molar-refractivity contribution in [1.29, 1.82) is 0 Å². The largest absolute Gasteiger partial charge is 0.472 e. The number of ether oxygens (including phenoxy) is 1. The summed E-state index contributed by atoms with van der Waals surface area (Å²) in [5.74, 6) is 0.976. The predicted octanol–water partition coefficient (Wildman–Crippen LogP) is 13.3. The van der Waals surface area contributed by atoms with Crippen LogP contribution in [0.3, 0.4) is 0 Å². The van der Waals surface area contributed by atoms with Gasteiger partial charge in [0.05, 0.1) is 0 Å². The Morgan fingerprint density at radius 3 is 2.02 bits per heavy atom. The molecule has 270 valence electrons. The second-order valence-corrected chi connectivity index (χ2v) is 17.6. The molecule has 0 N–H and O–H groups in total. The molecule has 0 radical (unpaired) electrons. The Hall–Kier alpha value is -5.60. The lowest BCUT2D eigenvalue weighted by Gasteiger charge is -2.39. The molecule has 0 aromatic heterocycles. The first-order valence-corrected chi connectivity index (χ1v) is 20.3. The number of piperidine rings is 1. The summed E-state index contributed by atoms with van der Waals surface area (Å²) in [6.45, 7) is 14.0. The van der Waals surface area contributed by atoms with E-state index >= 15 is 0 Å². The molecule has 1 fully saturated rings. The average molecular weight is 714 g/mol. The van der Waals surface area contributed by atoms with Crippen molar-refractivity contribution in [3.63, 3.8) is 0 Å². The molecule has 55 heavy (non-hydrogen) atoms. The first-order valence-electron chi connectivity index (χ1n) is 20.3. The van der Waals surface area contributed by atoms with E-state index in [0.29, 0.717) is 0 Å². The summed E-state index contributed by atoms with van der Waals surface area (Å²) in [6, 6.07) is 45.9. The van der Waals surface area contributed by atoms with Crippen molar-refractivity contribution in [2.24, 2.45) is 0 Å². The number of benzene rings is 7. The van der Waals surface area contributed by atoms with Crippen molar-refractivity contribution in [2.75, 3.05) is 18.0 Å². The third kappa shape index (κ3) is 4.49. The molecular weight excluding hydrogens is 667 g/mol. The molecule has 7 aromatic carbocycles. The highest BCUT2D eigenvalue weighted by atomic mass is 16.5. The molecule has 2 heteroatoms. The van der Waals surface area contributed by atoms with Gasteiger partial charge in [0.1, 0.15) is 5.75 Å². The number of nitrogens with zero attached hydrogens (tertiary/aromatic N) is 1. The molecule has 2 aliphatic carbocycles. The molecule has 0 amide bonds. The van der Waals surface area contributed by atoms with Crippen molar-refractivity contribution in [3.05, 3.63) is 172 Å². The van der Waals surface area contributed by atoms with Crippen molar-refractivity contribution in [2.45, 2.75) is 70.3 Å². The molecule has 2 nitrogen and oxygen atoms in total. The van der Waals surface area contributed by atoms with E-state index in [9.17, 15) is 0 Å². The molecule has 11 rings (SSSR count). The summed E-state index contributed by atoms with van der Waals surface area (Å²) in [6.07, 6.45) is 8.62. The fourth-order valence-corrected chi connectivity index (χ4v) is 10.9. The van der Waals surface area contributed by atoms with Crippen LogP contribution < -0.4 is 9.64 Å². The van der Waals surface area contributed by atoms with Gasteiger partial charge in [-0.2, -0.15) is 0 Å². The Kier molecular flexibility index (Phi) is 6.84. The summed E-state index contributed by atoms with van der Waals surface area (Å²) in [7, 11) is 0. The third-order valence-electron chi connectivity index (χ3n) is 13.7. The highest BCUT2D eigenvalue weighted by molar-refractivity contribution is 6.08. The van der Waals surface area contributed by atoms with Crippen LogP contribution in [0.4, 0.5) is 5.69 Å². The molecule has 2 heterocycles. The van der Waals surface area contributed by atoms with Gasteiger partial charge in [-0.05, 0) is 111 Å². The second kappa shape index (κ2) is 11.5. The zero-order valence-electron chi connectivity index (χ0n) is 32.6. The fraction of sp³-hybridized carbons (Fsp3) is 0.245. The normalized spacial score (nSPS) is 19.8. The maximum absolute atomic E-state index is 7.81. The van der Waals surface area contributed by atoms with Crippen LogP contribution in [0, 0.1) is 6.92 Å². The lowest BCUT2D eigenvalue weighted by atomic mass is 9.75. The van der Waals surface area contributed by atoms with Crippen LogP contribution >= 0.6 is 0 Å². The van der Waals surface area contributed by atoms with Gasteiger partial charge < -0.3 is 9.64 Å². The first-order chi connectivity index (χ1) is 26.7. The van der Waals surface area contributed by atoms with E-state index in [1.807, 2.05) is 0 Å². The van der Waals surface area contributed by atoms with Gasteiger partial charge in [-0.3, -0.25) is 0 Å². The Labute approximate surface area is 325 Å². The van der Waals surface area contributed by atoms with Crippen molar-refractivity contribution in [3.8, 4) is 28.0 Å². The first kappa shape index (κ1) is 32.8. The lowest BCUT2D eigenvalue weighted by molar-refractivity contribution is 0.163. The molecule has 0 saturated carbocycles. The van der Waals surface area contributed by atoms with Gasteiger partial charge in [-0.1, -0.05) is 142 Å². The van der Waals surface area contributed by atoms with Crippen LogP contribution in [-0.4, -0.2) is 13.1 Å². The maximum atomic E-state index is 7.81. The van der Waals surface area contributed by atoms with Gasteiger partial charge in [0.15, 0.2) is 5.60 Å². The zero-order valence-corrected chi connectivity index (χ0v) is 32.6. The summed E-state index contributed by atoms with van der Waals surface area (Å²) in [5, 5.41) is 5.06. The monoisotopic (exact) mass is 713 g/mol. The van der Waals surface area contributed by atoms with Crippen molar-refractivity contribution in [1.82, 2.24) is 0 Å². The van der Waals surface area contributed by atoms with Gasteiger partial charge in [0.2, 0.25) is 0 Å². The Morgan fingerprint density at radius 1 is 0.564 bits per heavy atom. The minimum Gasteiger partial charge on any atom is -0.472 e. The fourth-order valence-electron chi connectivity index (χ4n) is 10.9. The van der Waals surface area contributed by atoms with Crippen LogP contribution in [0.1, 0.15) is 91.5 Å². The molecule has 1 unspecified atom stereocenters. The SMILES string of the molecule is Cc1ccc2c(c1)C(C)(C)c1c3c(c4ccccc4c1-2)OC(c1ccc(N2CCCCC2)cc1)(c1ccc2c(c1)C(C)(C)c1c-2ccc2ccccc12)C=C3. The van der Waals surface area contributed by atoms with Gasteiger partial charge >= 0.3 is 0 Å². The van der Waals surface area contributed by atoms with Gasteiger partial charge in [-0.15, -0.1) is 0 Å². The zero-order chi connectivity index (χ0) is 37.3. The Balaban J connectivity index is 1.14. The Bertz CT molecular complexity index is 2780. The van der Waals surface area contributed by atoms with E-state index in [1.54, 1.807) is 0 Å². The summed E-state index contributed by atoms with van der Waals surface area (Å²) in [5.41, 5.74) is 15.8. The maximum Gasteiger partial charge on any atom is 0.178 e. The highest BCUT2D eigenvalue weighted by Gasteiger charge is 2.46. The van der Waals surface area contributed by atoms with Crippen LogP contribution in [0.25, 0.3) is 49.9 Å². The highest BCUT2D eigenvalue weighted by Crippen LogP contribution is 2.59. The summed E-state index contributed by atoms with van der Waals surface area (Å²) >= 11 is 0. The summed E-state index contributed by atoms with van der Waals surface area (Å²) < 4.78 is 7.81. The molecule has 0 spiro atoms. The average Bonchev–Trinajstić information content (AvgIpc) is 3.60. The number of hydrogen-bond donors (Lipinski definition) is 0. The van der Waals surface area contributed by atoms with E-state index in [-0.39, 0.29) is 10.8 Å². The van der Waals surface area contributed by atoms with Crippen molar-refractivity contribution < 1.29 is 4.74 Å². The third-order valence-corrected chi connectivity index (χ3v) is 13.7. The number of rotatable bonds is 3.